The second-order valence-electron chi connectivity index (χ2n) is 5.88. The van der Waals surface area contributed by atoms with Crippen molar-refractivity contribution < 1.29 is 4.74 Å². The van der Waals surface area contributed by atoms with E-state index >= 15 is 0 Å². The van der Waals surface area contributed by atoms with Crippen LogP contribution in [0, 0.1) is 0 Å². The molecule has 2 aliphatic rings. The van der Waals surface area contributed by atoms with Crippen molar-refractivity contribution in [2.75, 3.05) is 0 Å². The molecule has 3 heteroatoms. The van der Waals surface area contributed by atoms with Crippen LogP contribution in [0.2, 0.25) is 0 Å². The number of hydrogen-bond acceptors (Lipinski definition) is 2. The third kappa shape index (κ3) is 1.88. The Morgan fingerprint density at radius 1 is 1.32 bits per heavy atom. The van der Waals surface area contributed by atoms with Crippen LogP contribution in [0.5, 0.6) is 0 Å². The lowest BCUT2D eigenvalue weighted by Gasteiger charge is -2.19. The Morgan fingerprint density at radius 2 is 2.21 bits per heavy atom. The Hall–Kier alpha value is -1.32. The normalized spacial score (nSPS) is 29.4. The third-order valence-corrected chi connectivity index (χ3v) is 4.64. The first-order valence-corrected chi connectivity index (χ1v) is 7.23. The highest BCUT2D eigenvalue weighted by molar-refractivity contribution is 5.83. The minimum Gasteiger partial charge on any atom is -0.373 e. The van der Waals surface area contributed by atoms with Crippen LogP contribution in [0.4, 0.5) is 0 Å². The smallest absolute Gasteiger partial charge is 0.0733 e. The SMILES string of the molecule is Cn1cc(CNC2CC3CCC2O3)c2ccccc21. The van der Waals surface area contributed by atoms with Crippen LogP contribution in [0.1, 0.15) is 24.8 Å². The van der Waals surface area contributed by atoms with Crippen molar-refractivity contribution in [1.82, 2.24) is 9.88 Å². The number of nitrogens with zero attached hydrogens (tertiary/aromatic N) is 1. The van der Waals surface area contributed by atoms with Gasteiger partial charge in [0.15, 0.2) is 0 Å². The Balaban J connectivity index is 1.52. The minimum atomic E-state index is 0.458. The van der Waals surface area contributed by atoms with Gasteiger partial charge in [-0.25, -0.2) is 0 Å². The van der Waals surface area contributed by atoms with Crippen molar-refractivity contribution in [1.29, 1.82) is 0 Å². The Bertz CT molecular complexity index is 604. The van der Waals surface area contributed by atoms with Gasteiger partial charge in [-0.2, -0.15) is 0 Å². The molecule has 2 aromatic rings. The molecule has 3 unspecified atom stereocenters. The molecule has 3 heterocycles. The van der Waals surface area contributed by atoms with Crippen LogP contribution in [-0.4, -0.2) is 22.8 Å². The van der Waals surface area contributed by atoms with E-state index in [1.807, 2.05) is 0 Å². The third-order valence-electron chi connectivity index (χ3n) is 4.64. The zero-order valence-electron chi connectivity index (χ0n) is 11.3. The van der Waals surface area contributed by atoms with Gasteiger partial charge < -0.3 is 14.6 Å². The molecule has 2 saturated heterocycles. The van der Waals surface area contributed by atoms with E-state index in [0.717, 1.165) is 6.54 Å². The molecule has 4 rings (SSSR count). The van der Waals surface area contributed by atoms with Gasteiger partial charge in [0.05, 0.1) is 12.2 Å². The summed E-state index contributed by atoms with van der Waals surface area (Å²) in [6, 6.07) is 9.16. The van der Waals surface area contributed by atoms with Crippen molar-refractivity contribution in [3.8, 4) is 0 Å². The van der Waals surface area contributed by atoms with Crippen molar-refractivity contribution >= 4 is 10.9 Å². The fourth-order valence-corrected chi connectivity index (χ4v) is 3.66. The zero-order chi connectivity index (χ0) is 12.8. The molecule has 2 fully saturated rings. The van der Waals surface area contributed by atoms with Crippen LogP contribution >= 0.6 is 0 Å². The van der Waals surface area contributed by atoms with Gasteiger partial charge in [-0.1, -0.05) is 18.2 Å². The summed E-state index contributed by atoms with van der Waals surface area (Å²) >= 11 is 0. The summed E-state index contributed by atoms with van der Waals surface area (Å²) in [5.41, 5.74) is 2.70. The minimum absolute atomic E-state index is 0.458. The molecule has 0 spiro atoms. The number of ether oxygens (including phenoxy) is 1. The van der Waals surface area contributed by atoms with Crippen molar-refractivity contribution in [3.05, 3.63) is 36.0 Å². The molecule has 0 aliphatic carbocycles. The maximum Gasteiger partial charge on any atom is 0.0733 e. The number of aromatic nitrogens is 1. The lowest BCUT2D eigenvalue weighted by Crippen LogP contribution is -2.36. The molecule has 100 valence electrons. The van der Waals surface area contributed by atoms with E-state index in [4.69, 9.17) is 4.74 Å². The van der Waals surface area contributed by atoms with E-state index in [9.17, 15) is 0 Å². The summed E-state index contributed by atoms with van der Waals surface area (Å²) in [6.07, 6.45) is 6.91. The predicted molar refractivity (Wildman–Crippen MR) is 76.1 cm³/mol. The molecule has 0 amide bonds. The highest BCUT2D eigenvalue weighted by Gasteiger charge is 2.40. The topological polar surface area (TPSA) is 26.2 Å². The molecule has 19 heavy (non-hydrogen) atoms. The Morgan fingerprint density at radius 3 is 3.00 bits per heavy atom. The Labute approximate surface area is 113 Å². The fraction of sp³-hybridized carbons (Fsp3) is 0.500. The largest absolute Gasteiger partial charge is 0.373 e. The summed E-state index contributed by atoms with van der Waals surface area (Å²) in [4.78, 5) is 0. The van der Waals surface area contributed by atoms with Crippen LogP contribution in [-0.2, 0) is 18.3 Å². The van der Waals surface area contributed by atoms with E-state index in [0.29, 0.717) is 18.2 Å². The van der Waals surface area contributed by atoms with E-state index in [-0.39, 0.29) is 0 Å². The molecule has 3 atom stereocenters. The lowest BCUT2D eigenvalue weighted by atomic mass is 9.95. The second kappa shape index (κ2) is 4.36. The molecule has 2 aliphatic heterocycles. The average Bonchev–Trinajstić information content (AvgIpc) is 3.12. The molecule has 2 bridgehead atoms. The quantitative estimate of drug-likeness (QED) is 0.913. The molecule has 0 saturated carbocycles. The molecule has 3 nitrogen and oxygen atoms in total. The molecule has 1 N–H and O–H groups in total. The average molecular weight is 256 g/mol. The Kier molecular flexibility index (Phi) is 2.64. The van der Waals surface area contributed by atoms with E-state index < -0.39 is 0 Å². The van der Waals surface area contributed by atoms with Gasteiger partial charge in [-0.15, -0.1) is 0 Å². The molecule has 1 aromatic carbocycles. The van der Waals surface area contributed by atoms with E-state index in [2.05, 4.69) is 47.4 Å². The first-order valence-electron chi connectivity index (χ1n) is 7.23. The van der Waals surface area contributed by atoms with Crippen LogP contribution in [0.3, 0.4) is 0 Å². The highest BCUT2D eigenvalue weighted by atomic mass is 16.5. The summed E-state index contributed by atoms with van der Waals surface area (Å²) in [5.74, 6) is 0. The lowest BCUT2D eigenvalue weighted by molar-refractivity contribution is 0.0973. The predicted octanol–water partition coefficient (Wildman–Crippen LogP) is 2.59. The van der Waals surface area contributed by atoms with Gasteiger partial charge in [0.25, 0.3) is 0 Å². The van der Waals surface area contributed by atoms with E-state index in [1.54, 1.807) is 0 Å². The van der Waals surface area contributed by atoms with Gasteiger partial charge in [0, 0.05) is 36.7 Å². The zero-order valence-corrected chi connectivity index (χ0v) is 11.3. The second-order valence-corrected chi connectivity index (χ2v) is 5.88. The number of rotatable bonds is 3. The van der Waals surface area contributed by atoms with Crippen LogP contribution in [0.25, 0.3) is 10.9 Å². The molecular weight excluding hydrogens is 236 g/mol. The number of hydrogen-bond donors (Lipinski definition) is 1. The molecule has 1 aromatic heterocycles. The van der Waals surface area contributed by atoms with Crippen LogP contribution in [0.15, 0.2) is 30.5 Å². The number of fused-ring (bicyclic) bond motifs is 3. The maximum absolute atomic E-state index is 5.90. The fourth-order valence-electron chi connectivity index (χ4n) is 3.66. The van der Waals surface area contributed by atoms with Gasteiger partial charge in [-0.05, 0) is 30.9 Å². The number of aryl methyl sites for hydroxylation is 1. The number of benzene rings is 1. The maximum atomic E-state index is 5.90. The molecule has 0 radical (unpaired) electrons. The number of nitrogens with one attached hydrogen (secondary N) is 1. The van der Waals surface area contributed by atoms with Gasteiger partial charge >= 0.3 is 0 Å². The monoisotopic (exact) mass is 256 g/mol. The summed E-state index contributed by atoms with van der Waals surface area (Å²) in [6.45, 7) is 0.943. The van der Waals surface area contributed by atoms with E-state index in [1.165, 1.54) is 35.7 Å². The summed E-state index contributed by atoms with van der Waals surface area (Å²) in [7, 11) is 2.12. The van der Waals surface area contributed by atoms with Crippen molar-refractivity contribution in [2.45, 2.75) is 44.1 Å². The first-order chi connectivity index (χ1) is 9.31. The summed E-state index contributed by atoms with van der Waals surface area (Å²) < 4.78 is 8.11. The van der Waals surface area contributed by atoms with Crippen molar-refractivity contribution in [2.24, 2.45) is 7.05 Å². The van der Waals surface area contributed by atoms with Gasteiger partial charge in [-0.3, -0.25) is 0 Å². The first kappa shape index (κ1) is 11.5. The number of para-hydroxylation sites is 1. The van der Waals surface area contributed by atoms with Crippen LogP contribution < -0.4 is 5.32 Å². The molecular formula is C16H20N2O. The summed E-state index contributed by atoms with van der Waals surface area (Å²) in [5, 5.41) is 5.06. The van der Waals surface area contributed by atoms with Gasteiger partial charge in [0.2, 0.25) is 0 Å². The standard InChI is InChI=1S/C16H20N2O/c1-18-10-11(13-4-2-3-5-15(13)18)9-17-14-8-12-6-7-16(14)19-12/h2-5,10,12,14,16-17H,6-9H2,1H3. The highest BCUT2D eigenvalue weighted by Crippen LogP contribution is 2.34. The van der Waals surface area contributed by atoms with Crippen molar-refractivity contribution in [3.63, 3.8) is 0 Å². The van der Waals surface area contributed by atoms with Gasteiger partial charge in [0.1, 0.15) is 0 Å².